The number of pyridine rings is 1. The number of aliphatic imine (C=N–C) groups is 1. The third-order valence-corrected chi connectivity index (χ3v) is 4.50. The van der Waals surface area contributed by atoms with E-state index in [0.29, 0.717) is 12.5 Å². The van der Waals surface area contributed by atoms with Gasteiger partial charge in [-0.25, -0.2) is 4.98 Å². The Balaban J connectivity index is 1.61. The standard InChI is InChI=1S/C20H32N6O/c1-4-16(5-2)18-14-17(27-26-18)15-25-20(21-3)24-13-9-8-12-23-19-10-6-7-11-22-19/h6-7,10-11,14,16H,4-5,8-9,12-13,15H2,1-3H3,(H,22,23)(H2,21,24,25). The van der Waals surface area contributed by atoms with Crippen LogP contribution < -0.4 is 16.0 Å². The largest absolute Gasteiger partial charge is 0.370 e. The Labute approximate surface area is 162 Å². The van der Waals surface area contributed by atoms with Gasteiger partial charge in [0, 0.05) is 38.3 Å². The van der Waals surface area contributed by atoms with E-state index in [2.05, 4.69) is 44.9 Å². The molecule has 148 valence electrons. The third-order valence-electron chi connectivity index (χ3n) is 4.50. The van der Waals surface area contributed by atoms with E-state index in [9.17, 15) is 0 Å². The Morgan fingerprint density at radius 1 is 1.15 bits per heavy atom. The molecule has 0 atom stereocenters. The van der Waals surface area contributed by atoms with Gasteiger partial charge in [-0.3, -0.25) is 4.99 Å². The summed E-state index contributed by atoms with van der Waals surface area (Å²) in [4.78, 5) is 8.49. The second-order valence-electron chi connectivity index (χ2n) is 6.43. The van der Waals surface area contributed by atoms with Gasteiger partial charge in [0.05, 0.1) is 12.2 Å². The van der Waals surface area contributed by atoms with Gasteiger partial charge in [0.2, 0.25) is 0 Å². The van der Waals surface area contributed by atoms with Crippen LogP contribution in [0.2, 0.25) is 0 Å². The minimum absolute atomic E-state index is 0.472. The van der Waals surface area contributed by atoms with Crippen LogP contribution in [0.5, 0.6) is 0 Å². The molecule has 2 aromatic heterocycles. The molecule has 0 bridgehead atoms. The predicted molar refractivity (Wildman–Crippen MR) is 110 cm³/mol. The van der Waals surface area contributed by atoms with Crippen LogP contribution in [0.3, 0.4) is 0 Å². The number of rotatable bonds is 11. The number of hydrogen-bond donors (Lipinski definition) is 3. The first-order chi connectivity index (χ1) is 13.3. The van der Waals surface area contributed by atoms with Crippen LogP contribution in [0.15, 0.2) is 40.0 Å². The van der Waals surface area contributed by atoms with Gasteiger partial charge >= 0.3 is 0 Å². The minimum atomic E-state index is 0.472. The fraction of sp³-hybridized carbons (Fsp3) is 0.550. The lowest BCUT2D eigenvalue weighted by Gasteiger charge is -2.11. The molecule has 0 saturated carbocycles. The van der Waals surface area contributed by atoms with Crippen molar-refractivity contribution in [2.24, 2.45) is 4.99 Å². The van der Waals surface area contributed by atoms with Crippen molar-refractivity contribution in [2.45, 2.75) is 52.0 Å². The summed E-state index contributed by atoms with van der Waals surface area (Å²) >= 11 is 0. The highest BCUT2D eigenvalue weighted by atomic mass is 16.5. The van der Waals surface area contributed by atoms with Crippen LogP contribution in [-0.4, -0.2) is 36.2 Å². The van der Waals surface area contributed by atoms with Crippen molar-refractivity contribution in [3.63, 3.8) is 0 Å². The van der Waals surface area contributed by atoms with Crippen LogP contribution in [0.1, 0.15) is 56.9 Å². The SMILES string of the molecule is CCC(CC)c1cc(CNC(=NC)NCCCCNc2ccccn2)on1. The quantitative estimate of drug-likeness (QED) is 0.318. The summed E-state index contributed by atoms with van der Waals surface area (Å²) in [5.41, 5.74) is 1.04. The molecule has 7 nitrogen and oxygen atoms in total. The summed E-state index contributed by atoms with van der Waals surface area (Å²) < 4.78 is 5.43. The summed E-state index contributed by atoms with van der Waals surface area (Å²) in [6.07, 6.45) is 6.05. The lowest BCUT2D eigenvalue weighted by Crippen LogP contribution is -2.37. The molecule has 3 N–H and O–H groups in total. The molecule has 0 aromatic carbocycles. The number of hydrogen-bond acceptors (Lipinski definition) is 5. The lowest BCUT2D eigenvalue weighted by atomic mass is 9.99. The monoisotopic (exact) mass is 372 g/mol. The van der Waals surface area contributed by atoms with E-state index in [1.807, 2.05) is 24.3 Å². The maximum absolute atomic E-state index is 5.43. The van der Waals surface area contributed by atoms with Crippen LogP contribution >= 0.6 is 0 Å². The highest BCUT2D eigenvalue weighted by molar-refractivity contribution is 5.79. The number of nitrogens with zero attached hydrogens (tertiary/aromatic N) is 3. The summed E-state index contributed by atoms with van der Waals surface area (Å²) in [5.74, 6) is 3.00. The molecule has 0 aliphatic carbocycles. The maximum Gasteiger partial charge on any atom is 0.191 e. The zero-order chi connectivity index (χ0) is 19.3. The molecule has 0 spiro atoms. The summed E-state index contributed by atoms with van der Waals surface area (Å²) in [5, 5.41) is 14.1. The Morgan fingerprint density at radius 3 is 2.67 bits per heavy atom. The first kappa shape index (κ1) is 20.7. The molecule has 0 radical (unpaired) electrons. The van der Waals surface area contributed by atoms with E-state index in [1.54, 1.807) is 13.2 Å². The molecule has 2 heterocycles. The topological polar surface area (TPSA) is 87.4 Å². The molecule has 0 amide bonds. The van der Waals surface area contributed by atoms with Gasteiger partial charge in [-0.1, -0.05) is 25.1 Å². The molecule has 0 aliphatic rings. The first-order valence-corrected chi connectivity index (χ1v) is 9.81. The van der Waals surface area contributed by atoms with E-state index in [4.69, 9.17) is 4.52 Å². The zero-order valence-corrected chi connectivity index (χ0v) is 16.7. The Hall–Kier alpha value is -2.57. The van der Waals surface area contributed by atoms with Gasteiger partial charge in [-0.15, -0.1) is 0 Å². The number of anilines is 1. The molecule has 7 heteroatoms. The Morgan fingerprint density at radius 2 is 1.96 bits per heavy atom. The molecule has 0 aliphatic heterocycles. The van der Waals surface area contributed by atoms with Gasteiger partial charge in [0.15, 0.2) is 11.7 Å². The van der Waals surface area contributed by atoms with E-state index in [-0.39, 0.29) is 0 Å². The molecule has 0 saturated heterocycles. The fourth-order valence-corrected chi connectivity index (χ4v) is 2.84. The van der Waals surface area contributed by atoms with Gasteiger partial charge < -0.3 is 20.5 Å². The maximum atomic E-state index is 5.43. The van der Waals surface area contributed by atoms with Crippen molar-refractivity contribution in [3.8, 4) is 0 Å². The normalized spacial score (nSPS) is 11.6. The average molecular weight is 373 g/mol. The molecular formula is C20H32N6O. The highest BCUT2D eigenvalue weighted by Gasteiger charge is 2.13. The van der Waals surface area contributed by atoms with Crippen molar-refractivity contribution in [2.75, 3.05) is 25.5 Å². The van der Waals surface area contributed by atoms with Crippen LogP contribution in [-0.2, 0) is 6.54 Å². The van der Waals surface area contributed by atoms with Gasteiger partial charge in [-0.2, -0.15) is 0 Å². The minimum Gasteiger partial charge on any atom is -0.370 e. The Kier molecular flexibility index (Phi) is 9.17. The Bertz CT molecular complexity index is 666. The number of nitrogens with one attached hydrogen (secondary N) is 3. The van der Waals surface area contributed by atoms with E-state index < -0.39 is 0 Å². The predicted octanol–water partition coefficient (Wildman–Crippen LogP) is 3.53. The molecule has 27 heavy (non-hydrogen) atoms. The van der Waals surface area contributed by atoms with Crippen LogP contribution in [0.4, 0.5) is 5.82 Å². The second-order valence-corrected chi connectivity index (χ2v) is 6.43. The highest BCUT2D eigenvalue weighted by Crippen LogP contribution is 2.22. The number of aromatic nitrogens is 2. The lowest BCUT2D eigenvalue weighted by molar-refractivity contribution is 0.368. The van der Waals surface area contributed by atoms with Crippen LogP contribution in [0.25, 0.3) is 0 Å². The smallest absolute Gasteiger partial charge is 0.191 e. The molecular weight excluding hydrogens is 340 g/mol. The average Bonchev–Trinajstić information content (AvgIpc) is 3.17. The van der Waals surface area contributed by atoms with Gasteiger partial charge in [0.1, 0.15) is 5.82 Å². The van der Waals surface area contributed by atoms with E-state index >= 15 is 0 Å². The first-order valence-electron chi connectivity index (χ1n) is 9.81. The third kappa shape index (κ3) is 7.29. The molecule has 2 rings (SSSR count). The second kappa shape index (κ2) is 11.9. The number of guanidine groups is 1. The van der Waals surface area contributed by atoms with Gasteiger partial charge in [0.25, 0.3) is 0 Å². The van der Waals surface area contributed by atoms with Crippen molar-refractivity contribution in [1.82, 2.24) is 20.8 Å². The molecule has 0 fully saturated rings. The van der Waals surface area contributed by atoms with Crippen molar-refractivity contribution < 1.29 is 4.52 Å². The summed E-state index contributed by atoms with van der Waals surface area (Å²) in [6.45, 7) is 6.70. The molecule has 0 unspecified atom stereocenters. The van der Waals surface area contributed by atoms with Crippen molar-refractivity contribution in [1.29, 1.82) is 0 Å². The fourth-order valence-electron chi connectivity index (χ4n) is 2.84. The zero-order valence-electron chi connectivity index (χ0n) is 16.7. The van der Waals surface area contributed by atoms with E-state index in [0.717, 1.165) is 62.0 Å². The molecule has 2 aromatic rings. The van der Waals surface area contributed by atoms with Crippen molar-refractivity contribution >= 4 is 11.8 Å². The van der Waals surface area contributed by atoms with Crippen molar-refractivity contribution in [3.05, 3.63) is 41.9 Å². The van der Waals surface area contributed by atoms with Crippen LogP contribution in [0, 0.1) is 0 Å². The van der Waals surface area contributed by atoms with Gasteiger partial charge in [-0.05, 0) is 37.8 Å². The van der Waals surface area contributed by atoms with E-state index in [1.165, 1.54) is 0 Å². The summed E-state index contributed by atoms with van der Waals surface area (Å²) in [7, 11) is 1.77. The summed E-state index contributed by atoms with van der Waals surface area (Å²) in [6, 6.07) is 7.91. The number of unbranched alkanes of at least 4 members (excludes halogenated alkanes) is 1.